The summed E-state index contributed by atoms with van der Waals surface area (Å²) in [5.41, 5.74) is 0.228. The van der Waals surface area contributed by atoms with Gasteiger partial charge in [0.25, 0.3) is 11.8 Å². The number of piperidine rings is 1. The quantitative estimate of drug-likeness (QED) is 0.438. The van der Waals surface area contributed by atoms with Gasteiger partial charge in [-0.1, -0.05) is 35.9 Å². The molecule has 40 heavy (non-hydrogen) atoms. The Bertz CT molecular complexity index is 1420. The first kappa shape index (κ1) is 27.6. The van der Waals surface area contributed by atoms with E-state index < -0.39 is 54.5 Å². The summed E-state index contributed by atoms with van der Waals surface area (Å²) < 4.78 is 41.7. The van der Waals surface area contributed by atoms with Gasteiger partial charge in [0.05, 0.1) is 0 Å². The van der Waals surface area contributed by atoms with E-state index >= 15 is 0 Å². The Kier molecular flexibility index (Phi) is 7.75. The Morgan fingerprint density at radius 1 is 1.07 bits per heavy atom. The van der Waals surface area contributed by atoms with Gasteiger partial charge < -0.3 is 5.32 Å². The molecule has 1 aliphatic carbocycles. The fourth-order valence-corrected chi connectivity index (χ4v) is 5.34. The van der Waals surface area contributed by atoms with Gasteiger partial charge in [0.1, 0.15) is 17.9 Å². The van der Waals surface area contributed by atoms with Gasteiger partial charge in [-0.2, -0.15) is 0 Å². The van der Waals surface area contributed by atoms with Crippen LogP contribution in [0, 0.1) is 5.82 Å². The van der Waals surface area contributed by atoms with Crippen molar-refractivity contribution in [3.8, 4) is 0 Å². The molecular weight excluding hydrogens is 547 g/mol. The Morgan fingerprint density at radius 2 is 1.80 bits per heavy atom. The molecule has 12 heteroatoms. The zero-order chi connectivity index (χ0) is 28.4. The Hall–Kier alpha value is -3.99. The Morgan fingerprint density at radius 3 is 2.48 bits per heavy atom. The number of nitrogens with zero attached hydrogens (tertiary/aromatic N) is 4. The highest BCUT2D eigenvalue weighted by Gasteiger charge is 2.48. The number of alkyl halides is 2. The molecular formula is C28H25ClF3N5O3. The largest absolute Gasteiger partial charge is 0.351 e. The molecule has 1 N–H and O–H groups in total. The lowest BCUT2D eigenvalue weighted by atomic mass is 9.87. The van der Waals surface area contributed by atoms with E-state index in [1.165, 1.54) is 47.6 Å². The average molecular weight is 572 g/mol. The molecule has 2 aliphatic rings. The maximum absolute atomic E-state index is 14.5. The van der Waals surface area contributed by atoms with Crippen LogP contribution in [0.4, 0.5) is 24.8 Å². The van der Waals surface area contributed by atoms with Gasteiger partial charge in [0, 0.05) is 54.0 Å². The van der Waals surface area contributed by atoms with E-state index in [4.69, 9.17) is 11.6 Å². The number of rotatable bonds is 7. The lowest BCUT2D eigenvalue weighted by Gasteiger charge is -2.41. The third kappa shape index (κ3) is 5.65. The summed E-state index contributed by atoms with van der Waals surface area (Å²) in [7, 11) is 0. The van der Waals surface area contributed by atoms with E-state index in [1.807, 2.05) is 0 Å². The van der Waals surface area contributed by atoms with Crippen molar-refractivity contribution in [1.29, 1.82) is 0 Å². The van der Waals surface area contributed by atoms with Crippen LogP contribution in [-0.2, 0) is 14.4 Å². The van der Waals surface area contributed by atoms with Crippen LogP contribution < -0.4 is 15.1 Å². The van der Waals surface area contributed by atoms with Crippen molar-refractivity contribution in [1.82, 2.24) is 15.3 Å². The van der Waals surface area contributed by atoms with Crippen LogP contribution in [0.1, 0.15) is 43.7 Å². The molecule has 3 aromatic rings. The van der Waals surface area contributed by atoms with Gasteiger partial charge in [-0.15, -0.1) is 0 Å². The maximum atomic E-state index is 14.5. The third-order valence-electron chi connectivity index (χ3n) is 6.97. The van der Waals surface area contributed by atoms with E-state index in [0.717, 1.165) is 11.0 Å². The number of hydrogen-bond donors (Lipinski definition) is 1. The van der Waals surface area contributed by atoms with Crippen molar-refractivity contribution in [2.24, 2.45) is 0 Å². The smallest absolute Gasteiger partial charge is 0.252 e. The molecule has 208 valence electrons. The molecule has 2 heterocycles. The molecule has 1 unspecified atom stereocenters. The van der Waals surface area contributed by atoms with Crippen molar-refractivity contribution in [3.05, 3.63) is 83.4 Å². The van der Waals surface area contributed by atoms with E-state index in [-0.39, 0.29) is 41.0 Å². The van der Waals surface area contributed by atoms with Crippen molar-refractivity contribution < 1.29 is 27.6 Å². The lowest BCUT2D eigenvalue weighted by Crippen LogP contribution is -2.58. The minimum Gasteiger partial charge on any atom is -0.351 e. The fraction of sp³-hybridized carbons (Fsp3) is 0.321. The first-order valence-electron chi connectivity index (χ1n) is 12.7. The number of benzene rings is 2. The Labute approximate surface area is 233 Å². The predicted molar refractivity (Wildman–Crippen MR) is 141 cm³/mol. The molecule has 2 atom stereocenters. The molecule has 0 spiro atoms. The summed E-state index contributed by atoms with van der Waals surface area (Å²) >= 11 is 6.50. The van der Waals surface area contributed by atoms with Crippen LogP contribution in [0.5, 0.6) is 0 Å². The SMILES string of the molecule is O=C(NC1CC(F)(F)C1)[C@H](c1ccccc1Cl)N(C(=O)C1CCCC(=O)N1c1ncccn1)c1cccc(F)c1. The fourth-order valence-electron chi connectivity index (χ4n) is 5.10. The highest BCUT2D eigenvalue weighted by Crippen LogP contribution is 2.39. The van der Waals surface area contributed by atoms with Crippen LogP contribution in [0.2, 0.25) is 5.02 Å². The van der Waals surface area contributed by atoms with Gasteiger partial charge in [-0.3, -0.25) is 24.2 Å². The first-order chi connectivity index (χ1) is 19.1. The predicted octanol–water partition coefficient (Wildman–Crippen LogP) is 4.84. The van der Waals surface area contributed by atoms with Crippen molar-refractivity contribution in [2.75, 3.05) is 9.80 Å². The topological polar surface area (TPSA) is 95.5 Å². The normalized spacial score (nSPS) is 19.4. The molecule has 0 bridgehead atoms. The van der Waals surface area contributed by atoms with Crippen LogP contribution >= 0.6 is 11.6 Å². The standard InChI is InChI=1S/C28H25ClF3N5O3/c29-21-9-2-1-8-20(21)24(25(39)35-18-15-28(31,32)16-18)36(19-7-3-6-17(30)14-19)26(40)22-10-4-11-23(38)37(22)27-33-12-5-13-34-27/h1-3,5-9,12-14,18,22,24H,4,10-11,15-16H2,(H,35,39)/t22?,24-/m0/s1. The number of amides is 3. The summed E-state index contributed by atoms with van der Waals surface area (Å²) in [4.78, 5) is 51.9. The maximum Gasteiger partial charge on any atom is 0.252 e. The monoisotopic (exact) mass is 571 g/mol. The molecule has 1 aromatic heterocycles. The van der Waals surface area contributed by atoms with Gasteiger partial charge in [-0.05, 0) is 43.2 Å². The summed E-state index contributed by atoms with van der Waals surface area (Å²) in [5.74, 6) is -5.41. The second-order valence-corrected chi connectivity index (χ2v) is 10.2. The number of hydrogen-bond acceptors (Lipinski definition) is 5. The highest BCUT2D eigenvalue weighted by atomic mass is 35.5. The molecule has 5 rings (SSSR count). The first-order valence-corrected chi connectivity index (χ1v) is 13.1. The third-order valence-corrected chi connectivity index (χ3v) is 7.31. The van der Waals surface area contributed by atoms with Crippen LogP contribution in [0.3, 0.4) is 0 Å². The highest BCUT2D eigenvalue weighted by molar-refractivity contribution is 6.31. The zero-order valence-corrected chi connectivity index (χ0v) is 21.9. The molecule has 0 radical (unpaired) electrons. The van der Waals surface area contributed by atoms with Crippen molar-refractivity contribution >= 4 is 41.0 Å². The molecule has 2 fully saturated rings. The minimum atomic E-state index is -2.89. The molecule has 2 aromatic carbocycles. The molecule has 1 saturated carbocycles. The van der Waals surface area contributed by atoms with E-state index in [0.29, 0.717) is 6.42 Å². The van der Waals surface area contributed by atoms with Crippen LogP contribution in [0.25, 0.3) is 0 Å². The second kappa shape index (κ2) is 11.2. The van der Waals surface area contributed by atoms with E-state index in [2.05, 4.69) is 15.3 Å². The van der Waals surface area contributed by atoms with Crippen molar-refractivity contribution in [2.45, 2.75) is 56.2 Å². The summed E-state index contributed by atoms with van der Waals surface area (Å²) in [6, 6.07) is 9.55. The van der Waals surface area contributed by atoms with Crippen LogP contribution in [0.15, 0.2) is 67.0 Å². The van der Waals surface area contributed by atoms with Gasteiger partial charge in [-0.25, -0.2) is 23.1 Å². The molecule has 8 nitrogen and oxygen atoms in total. The van der Waals surface area contributed by atoms with Crippen molar-refractivity contribution in [3.63, 3.8) is 0 Å². The number of halogens is 4. The molecule has 3 amide bonds. The summed E-state index contributed by atoms with van der Waals surface area (Å²) in [5, 5.41) is 2.74. The number of nitrogens with one attached hydrogen (secondary N) is 1. The van der Waals surface area contributed by atoms with E-state index in [1.54, 1.807) is 18.2 Å². The number of aromatic nitrogens is 2. The zero-order valence-electron chi connectivity index (χ0n) is 21.1. The van der Waals surface area contributed by atoms with Crippen LogP contribution in [-0.4, -0.2) is 45.7 Å². The van der Waals surface area contributed by atoms with E-state index in [9.17, 15) is 27.6 Å². The lowest BCUT2D eigenvalue weighted by molar-refractivity contribution is -0.133. The Balaban J connectivity index is 1.61. The second-order valence-electron chi connectivity index (χ2n) is 9.80. The molecule has 1 saturated heterocycles. The summed E-state index contributed by atoms with van der Waals surface area (Å²) in [6.45, 7) is 0. The minimum absolute atomic E-state index is 0.0141. The number of carbonyl (C=O) groups excluding carboxylic acids is 3. The van der Waals surface area contributed by atoms with Gasteiger partial charge in [0.2, 0.25) is 17.8 Å². The molecule has 1 aliphatic heterocycles. The van der Waals surface area contributed by atoms with Gasteiger partial charge in [0.15, 0.2) is 0 Å². The van der Waals surface area contributed by atoms with Gasteiger partial charge >= 0.3 is 0 Å². The number of anilines is 2. The summed E-state index contributed by atoms with van der Waals surface area (Å²) in [6.07, 6.45) is 2.55. The number of carbonyl (C=O) groups is 3. The average Bonchev–Trinajstić information content (AvgIpc) is 2.91.